The fourth-order valence-electron chi connectivity index (χ4n) is 3.47. The molecule has 1 saturated heterocycles. The van der Waals surface area contributed by atoms with Crippen molar-refractivity contribution < 1.29 is 9.21 Å². The zero-order chi connectivity index (χ0) is 16.6. The molecule has 132 valence electrons. The van der Waals surface area contributed by atoms with Crippen molar-refractivity contribution in [1.29, 1.82) is 0 Å². The van der Waals surface area contributed by atoms with Gasteiger partial charge in [-0.1, -0.05) is 12.1 Å². The summed E-state index contributed by atoms with van der Waals surface area (Å²) < 4.78 is 5.72. The highest BCUT2D eigenvalue weighted by Crippen LogP contribution is 2.27. The molecule has 0 aliphatic carbocycles. The molecule has 5 heteroatoms. The Labute approximate surface area is 149 Å². The molecule has 2 atom stereocenters. The highest BCUT2D eigenvalue weighted by Gasteiger charge is 2.26. The van der Waals surface area contributed by atoms with E-state index in [4.69, 9.17) is 10.2 Å². The van der Waals surface area contributed by atoms with Crippen LogP contribution in [0.5, 0.6) is 0 Å². The van der Waals surface area contributed by atoms with Crippen LogP contribution in [0.25, 0.3) is 11.0 Å². The first-order valence-corrected chi connectivity index (χ1v) is 8.47. The number of carbonyl (C=O) groups is 1. The van der Waals surface area contributed by atoms with Gasteiger partial charge < -0.3 is 15.1 Å². The Kier molecular flexibility index (Phi) is 5.94. The molecule has 0 saturated carbocycles. The van der Waals surface area contributed by atoms with Gasteiger partial charge in [-0.15, -0.1) is 12.4 Å². The second-order valence-corrected chi connectivity index (χ2v) is 6.92. The van der Waals surface area contributed by atoms with Crippen LogP contribution in [0.1, 0.15) is 36.5 Å². The monoisotopic (exact) mass is 350 g/mol. The number of likely N-dealkylation sites (tertiary alicyclic amines) is 1. The van der Waals surface area contributed by atoms with Crippen molar-refractivity contribution in [3.8, 4) is 0 Å². The summed E-state index contributed by atoms with van der Waals surface area (Å²) in [6, 6.07) is 4.30. The second-order valence-electron chi connectivity index (χ2n) is 6.92. The standard InChI is InChI=1S/C19H26N2O2.ClH/c1-12-6-7-17-16(11-23-19(17)13(12)2)9-18(22)21-8-4-5-15(10-21)14(3)20;/h6-7,11,14-15H,4-5,8-10,20H2,1-3H3;1H. The molecule has 1 aromatic heterocycles. The molecule has 1 fully saturated rings. The number of halogens is 1. The number of carbonyl (C=O) groups excluding carboxylic acids is 1. The van der Waals surface area contributed by atoms with Crippen LogP contribution in [0.15, 0.2) is 22.8 Å². The van der Waals surface area contributed by atoms with Crippen molar-refractivity contribution in [2.24, 2.45) is 11.7 Å². The average Bonchev–Trinajstić information content (AvgIpc) is 2.94. The van der Waals surface area contributed by atoms with Crippen LogP contribution in [0.2, 0.25) is 0 Å². The molecular formula is C19H27ClN2O2. The minimum Gasteiger partial charge on any atom is -0.464 e. The van der Waals surface area contributed by atoms with E-state index in [-0.39, 0.29) is 24.4 Å². The van der Waals surface area contributed by atoms with Gasteiger partial charge in [-0.25, -0.2) is 0 Å². The number of benzene rings is 1. The van der Waals surface area contributed by atoms with Gasteiger partial charge in [-0.3, -0.25) is 4.79 Å². The number of nitrogens with zero attached hydrogens (tertiary/aromatic N) is 1. The number of rotatable bonds is 3. The lowest BCUT2D eigenvalue weighted by molar-refractivity contribution is -0.132. The van der Waals surface area contributed by atoms with Gasteiger partial charge in [0.1, 0.15) is 5.58 Å². The number of fused-ring (bicyclic) bond motifs is 1. The quantitative estimate of drug-likeness (QED) is 0.920. The first-order chi connectivity index (χ1) is 11.0. The molecule has 1 aliphatic rings. The van der Waals surface area contributed by atoms with E-state index in [0.717, 1.165) is 48.0 Å². The molecule has 2 aromatic rings. The van der Waals surface area contributed by atoms with Gasteiger partial charge in [0.2, 0.25) is 5.91 Å². The molecule has 24 heavy (non-hydrogen) atoms. The van der Waals surface area contributed by atoms with E-state index in [1.807, 2.05) is 11.8 Å². The number of aryl methyl sites for hydroxylation is 2. The summed E-state index contributed by atoms with van der Waals surface area (Å²) in [5.41, 5.74) is 10.3. The molecule has 0 radical (unpaired) electrons. The normalized spacial score (nSPS) is 19.2. The second kappa shape index (κ2) is 7.58. The number of nitrogens with two attached hydrogens (primary N) is 1. The summed E-state index contributed by atoms with van der Waals surface area (Å²) in [6.07, 6.45) is 4.31. The summed E-state index contributed by atoms with van der Waals surface area (Å²) in [5.74, 6) is 0.593. The largest absolute Gasteiger partial charge is 0.464 e. The lowest BCUT2D eigenvalue weighted by Crippen LogP contribution is -2.45. The topological polar surface area (TPSA) is 59.5 Å². The zero-order valence-corrected chi connectivity index (χ0v) is 15.5. The van der Waals surface area contributed by atoms with Crippen LogP contribution >= 0.6 is 12.4 Å². The summed E-state index contributed by atoms with van der Waals surface area (Å²) in [5, 5.41) is 1.06. The molecular weight excluding hydrogens is 324 g/mol. The van der Waals surface area contributed by atoms with Crippen LogP contribution in [0.3, 0.4) is 0 Å². The Hall–Kier alpha value is -1.52. The fraction of sp³-hybridized carbons (Fsp3) is 0.526. The molecule has 2 N–H and O–H groups in total. The summed E-state index contributed by atoms with van der Waals surface area (Å²) in [6.45, 7) is 7.79. The number of amides is 1. The van der Waals surface area contributed by atoms with E-state index in [1.54, 1.807) is 6.26 Å². The number of hydrogen-bond donors (Lipinski definition) is 1. The van der Waals surface area contributed by atoms with E-state index < -0.39 is 0 Å². The van der Waals surface area contributed by atoms with Crippen molar-refractivity contribution in [3.05, 3.63) is 35.1 Å². The van der Waals surface area contributed by atoms with Gasteiger partial charge in [0, 0.05) is 30.1 Å². The predicted molar refractivity (Wildman–Crippen MR) is 99.6 cm³/mol. The average molecular weight is 351 g/mol. The van der Waals surface area contributed by atoms with Crippen molar-refractivity contribution >= 4 is 29.3 Å². The van der Waals surface area contributed by atoms with Crippen LogP contribution < -0.4 is 5.73 Å². The summed E-state index contributed by atoms with van der Waals surface area (Å²) in [4.78, 5) is 14.6. The number of furan rings is 1. The Balaban J connectivity index is 0.00000208. The van der Waals surface area contributed by atoms with E-state index in [2.05, 4.69) is 26.0 Å². The molecule has 2 unspecified atom stereocenters. The SMILES string of the molecule is Cc1ccc2c(CC(=O)N3CCCC(C(C)N)C3)coc2c1C.Cl. The van der Waals surface area contributed by atoms with Gasteiger partial charge in [-0.05, 0) is 50.7 Å². The molecule has 0 spiro atoms. The smallest absolute Gasteiger partial charge is 0.227 e. The Morgan fingerprint density at radius 3 is 2.88 bits per heavy atom. The highest BCUT2D eigenvalue weighted by molar-refractivity contribution is 5.89. The van der Waals surface area contributed by atoms with Gasteiger partial charge in [0.25, 0.3) is 0 Å². The van der Waals surface area contributed by atoms with Crippen LogP contribution in [-0.4, -0.2) is 29.9 Å². The van der Waals surface area contributed by atoms with Crippen LogP contribution in [-0.2, 0) is 11.2 Å². The molecule has 0 bridgehead atoms. The van der Waals surface area contributed by atoms with Crippen molar-refractivity contribution in [2.45, 2.75) is 46.1 Å². The Morgan fingerprint density at radius 2 is 2.17 bits per heavy atom. The molecule has 3 rings (SSSR count). The molecule has 1 aromatic carbocycles. The first-order valence-electron chi connectivity index (χ1n) is 8.47. The van der Waals surface area contributed by atoms with Crippen molar-refractivity contribution in [3.63, 3.8) is 0 Å². The highest BCUT2D eigenvalue weighted by atomic mass is 35.5. The first kappa shape index (κ1) is 18.8. The summed E-state index contributed by atoms with van der Waals surface area (Å²) >= 11 is 0. The predicted octanol–water partition coefficient (Wildman–Crippen LogP) is 3.60. The Bertz CT molecular complexity index is 723. The zero-order valence-electron chi connectivity index (χ0n) is 14.7. The van der Waals surface area contributed by atoms with Gasteiger partial charge in [0.05, 0.1) is 12.7 Å². The fourth-order valence-corrected chi connectivity index (χ4v) is 3.47. The lowest BCUT2D eigenvalue weighted by Gasteiger charge is -2.34. The minimum atomic E-state index is 0. The number of piperidine rings is 1. The van der Waals surface area contributed by atoms with Crippen LogP contribution in [0, 0.1) is 19.8 Å². The van der Waals surface area contributed by atoms with Gasteiger partial charge >= 0.3 is 0 Å². The number of hydrogen-bond acceptors (Lipinski definition) is 3. The van der Waals surface area contributed by atoms with Crippen LogP contribution in [0.4, 0.5) is 0 Å². The molecule has 1 amide bonds. The summed E-state index contributed by atoms with van der Waals surface area (Å²) in [7, 11) is 0. The third-order valence-corrected chi connectivity index (χ3v) is 5.24. The molecule has 1 aliphatic heterocycles. The van der Waals surface area contributed by atoms with E-state index in [1.165, 1.54) is 5.56 Å². The molecule has 4 nitrogen and oxygen atoms in total. The Morgan fingerprint density at radius 1 is 1.42 bits per heavy atom. The lowest BCUT2D eigenvalue weighted by atomic mass is 9.92. The van der Waals surface area contributed by atoms with Crippen molar-refractivity contribution in [2.75, 3.05) is 13.1 Å². The van der Waals surface area contributed by atoms with Gasteiger partial charge in [-0.2, -0.15) is 0 Å². The maximum Gasteiger partial charge on any atom is 0.227 e. The maximum absolute atomic E-state index is 12.7. The van der Waals surface area contributed by atoms with E-state index in [0.29, 0.717) is 12.3 Å². The van der Waals surface area contributed by atoms with Crippen molar-refractivity contribution in [1.82, 2.24) is 4.90 Å². The minimum absolute atomic E-state index is 0. The molecule has 2 heterocycles. The maximum atomic E-state index is 12.7. The van der Waals surface area contributed by atoms with E-state index >= 15 is 0 Å². The third kappa shape index (κ3) is 3.60. The third-order valence-electron chi connectivity index (χ3n) is 5.24. The van der Waals surface area contributed by atoms with Gasteiger partial charge in [0.15, 0.2) is 0 Å². The van der Waals surface area contributed by atoms with E-state index in [9.17, 15) is 4.79 Å².